The lowest BCUT2D eigenvalue weighted by Crippen LogP contribution is -2.36. The minimum absolute atomic E-state index is 0.0201. The Bertz CT molecular complexity index is 859. The maximum atomic E-state index is 13.0. The number of rotatable bonds is 4. The van der Waals surface area contributed by atoms with Crippen LogP contribution in [0.25, 0.3) is 0 Å². The van der Waals surface area contributed by atoms with Gasteiger partial charge in [-0.2, -0.15) is 0 Å². The van der Waals surface area contributed by atoms with E-state index in [4.69, 9.17) is 15.2 Å². The van der Waals surface area contributed by atoms with E-state index >= 15 is 0 Å². The fourth-order valence-electron chi connectivity index (χ4n) is 3.61. The van der Waals surface area contributed by atoms with Gasteiger partial charge in [0, 0.05) is 37.3 Å². The first-order valence-electron chi connectivity index (χ1n) is 9.57. The van der Waals surface area contributed by atoms with Crippen LogP contribution < -0.4 is 15.2 Å². The molecule has 1 atom stereocenters. The largest absolute Gasteiger partial charge is 0.490 e. The van der Waals surface area contributed by atoms with Gasteiger partial charge in [-0.25, -0.2) is 9.97 Å². The van der Waals surface area contributed by atoms with Crippen LogP contribution in [0.2, 0.25) is 0 Å². The molecule has 3 heterocycles. The van der Waals surface area contributed by atoms with E-state index in [9.17, 15) is 4.79 Å². The highest BCUT2D eigenvalue weighted by molar-refractivity contribution is 5.95. The van der Waals surface area contributed by atoms with E-state index in [1.54, 1.807) is 18.3 Å². The first-order valence-corrected chi connectivity index (χ1v) is 9.57. The van der Waals surface area contributed by atoms with Crippen molar-refractivity contribution in [3.63, 3.8) is 0 Å². The second-order valence-electron chi connectivity index (χ2n) is 7.22. The van der Waals surface area contributed by atoms with Crippen molar-refractivity contribution in [3.05, 3.63) is 41.9 Å². The van der Waals surface area contributed by atoms with Crippen molar-refractivity contribution >= 4 is 11.7 Å². The number of carbonyl (C=O) groups excluding carboxylic acids is 1. The zero-order valence-corrected chi connectivity index (χ0v) is 16.0. The number of likely N-dealkylation sites (N-methyl/N-ethyl adjacent to an activating group) is 1. The van der Waals surface area contributed by atoms with Gasteiger partial charge in [0.05, 0.1) is 19.8 Å². The van der Waals surface area contributed by atoms with E-state index in [1.165, 1.54) is 0 Å². The average Bonchev–Trinajstić information content (AvgIpc) is 3.07. The molecule has 8 nitrogen and oxygen atoms in total. The van der Waals surface area contributed by atoms with Crippen LogP contribution in [0.4, 0.5) is 5.82 Å². The van der Waals surface area contributed by atoms with Gasteiger partial charge < -0.3 is 20.1 Å². The van der Waals surface area contributed by atoms with Crippen molar-refractivity contribution in [2.45, 2.75) is 25.4 Å². The molecule has 0 spiro atoms. The van der Waals surface area contributed by atoms with Gasteiger partial charge >= 0.3 is 0 Å². The number of amides is 1. The summed E-state index contributed by atoms with van der Waals surface area (Å²) < 4.78 is 11.4. The number of nitrogens with zero attached hydrogens (tertiary/aromatic N) is 4. The summed E-state index contributed by atoms with van der Waals surface area (Å²) in [6, 6.07) is 7.36. The van der Waals surface area contributed by atoms with E-state index in [1.807, 2.05) is 24.1 Å². The summed E-state index contributed by atoms with van der Waals surface area (Å²) in [5, 5.41) is 0. The number of anilines is 1. The molecule has 0 bridgehead atoms. The molecule has 8 heteroatoms. The molecule has 2 aliphatic heterocycles. The van der Waals surface area contributed by atoms with E-state index in [0.29, 0.717) is 55.0 Å². The van der Waals surface area contributed by atoms with Gasteiger partial charge in [0.15, 0.2) is 11.5 Å². The topological polar surface area (TPSA) is 93.8 Å². The molecule has 1 amide bonds. The van der Waals surface area contributed by atoms with Crippen molar-refractivity contribution in [2.24, 2.45) is 0 Å². The van der Waals surface area contributed by atoms with Crippen LogP contribution in [0.1, 0.15) is 29.0 Å². The minimum Gasteiger partial charge on any atom is -0.490 e. The van der Waals surface area contributed by atoms with Gasteiger partial charge in [0.25, 0.3) is 5.91 Å². The number of nitrogens with two attached hydrogens (primary N) is 1. The lowest BCUT2D eigenvalue weighted by Gasteiger charge is -2.24. The van der Waals surface area contributed by atoms with Gasteiger partial charge in [-0.1, -0.05) is 0 Å². The molecule has 0 saturated carbocycles. The standard InChI is InChI=1S/C20H25N5O3/c1-24(13-19-22-7-5-18(21)23-19)15-6-8-25(12-15)20(26)14-3-4-16-17(11-14)28-10-2-9-27-16/h3-5,7,11,15H,2,6,8-10,12-13H2,1H3,(H2,21,22,23). The molecule has 1 saturated heterocycles. The molecule has 4 rings (SSSR count). The number of likely N-dealkylation sites (tertiary alicyclic amines) is 1. The first kappa shape index (κ1) is 18.5. The van der Waals surface area contributed by atoms with E-state index in [2.05, 4.69) is 14.9 Å². The molecule has 0 aliphatic carbocycles. The molecule has 2 aromatic rings. The van der Waals surface area contributed by atoms with Crippen LogP contribution in [-0.4, -0.2) is 65.1 Å². The monoisotopic (exact) mass is 383 g/mol. The summed E-state index contributed by atoms with van der Waals surface area (Å²) in [4.78, 5) is 25.5. The zero-order chi connectivity index (χ0) is 19.5. The Morgan fingerprint density at radius 3 is 2.93 bits per heavy atom. The van der Waals surface area contributed by atoms with Crippen LogP contribution >= 0.6 is 0 Å². The second-order valence-corrected chi connectivity index (χ2v) is 7.22. The number of ether oxygens (including phenoxy) is 2. The molecule has 1 aromatic carbocycles. The number of fused-ring (bicyclic) bond motifs is 1. The maximum absolute atomic E-state index is 13.0. The van der Waals surface area contributed by atoms with Crippen LogP contribution in [-0.2, 0) is 6.54 Å². The molecule has 1 aromatic heterocycles. The van der Waals surface area contributed by atoms with Gasteiger partial charge in [0.1, 0.15) is 11.6 Å². The Morgan fingerprint density at radius 1 is 1.29 bits per heavy atom. The van der Waals surface area contributed by atoms with Crippen molar-refractivity contribution in [3.8, 4) is 11.5 Å². The third-order valence-electron chi connectivity index (χ3n) is 5.19. The summed E-state index contributed by atoms with van der Waals surface area (Å²) in [6.45, 7) is 3.23. The van der Waals surface area contributed by atoms with Crippen molar-refractivity contribution in [2.75, 3.05) is 39.1 Å². The molecule has 0 radical (unpaired) electrons. The zero-order valence-electron chi connectivity index (χ0n) is 16.0. The van der Waals surface area contributed by atoms with Gasteiger partial charge in [-0.05, 0) is 37.7 Å². The normalized spacial score (nSPS) is 18.9. The highest BCUT2D eigenvalue weighted by Crippen LogP contribution is 2.31. The van der Waals surface area contributed by atoms with Gasteiger partial charge in [-0.15, -0.1) is 0 Å². The fraction of sp³-hybridized carbons (Fsp3) is 0.450. The van der Waals surface area contributed by atoms with E-state index in [0.717, 1.165) is 19.4 Å². The summed E-state index contributed by atoms with van der Waals surface area (Å²) >= 11 is 0. The van der Waals surface area contributed by atoms with Crippen LogP contribution in [0.15, 0.2) is 30.5 Å². The van der Waals surface area contributed by atoms with Crippen LogP contribution in [0.3, 0.4) is 0 Å². The molecule has 1 fully saturated rings. The predicted molar refractivity (Wildman–Crippen MR) is 104 cm³/mol. The third-order valence-corrected chi connectivity index (χ3v) is 5.19. The lowest BCUT2D eigenvalue weighted by molar-refractivity contribution is 0.0779. The number of nitrogen functional groups attached to an aromatic ring is 1. The average molecular weight is 383 g/mol. The summed E-state index contributed by atoms with van der Waals surface area (Å²) in [5.74, 6) is 2.53. The molecule has 2 N–H and O–H groups in total. The van der Waals surface area contributed by atoms with E-state index in [-0.39, 0.29) is 11.9 Å². The number of hydrogen-bond acceptors (Lipinski definition) is 7. The van der Waals surface area contributed by atoms with Crippen LogP contribution in [0, 0.1) is 0 Å². The van der Waals surface area contributed by atoms with Gasteiger partial charge in [0.2, 0.25) is 0 Å². The molecule has 148 valence electrons. The first-order chi connectivity index (χ1) is 13.6. The Morgan fingerprint density at radius 2 is 2.11 bits per heavy atom. The quantitative estimate of drug-likeness (QED) is 0.856. The predicted octanol–water partition coefficient (Wildman–Crippen LogP) is 1.57. The SMILES string of the molecule is CN(Cc1nccc(N)n1)C1CCN(C(=O)c2ccc3c(c2)OCCCO3)C1. The summed E-state index contributed by atoms with van der Waals surface area (Å²) in [5.41, 5.74) is 6.36. The number of hydrogen-bond donors (Lipinski definition) is 1. The van der Waals surface area contributed by atoms with E-state index < -0.39 is 0 Å². The highest BCUT2D eigenvalue weighted by Gasteiger charge is 2.30. The summed E-state index contributed by atoms with van der Waals surface area (Å²) in [6.07, 6.45) is 3.42. The Kier molecular flexibility index (Phi) is 5.29. The Labute approximate surface area is 164 Å². The third kappa shape index (κ3) is 4.01. The summed E-state index contributed by atoms with van der Waals surface area (Å²) in [7, 11) is 2.03. The fourth-order valence-corrected chi connectivity index (χ4v) is 3.61. The molecule has 1 unspecified atom stereocenters. The highest BCUT2D eigenvalue weighted by atomic mass is 16.5. The number of aromatic nitrogens is 2. The van der Waals surface area contributed by atoms with Crippen LogP contribution in [0.5, 0.6) is 11.5 Å². The number of carbonyl (C=O) groups is 1. The maximum Gasteiger partial charge on any atom is 0.254 e. The lowest BCUT2D eigenvalue weighted by atomic mass is 10.1. The number of benzene rings is 1. The van der Waals surface area contributed by atoms with Gasteiger partial charge in [-0.3, -0.25) is 9.69 Å². The Balaban J connectivity index is 1.39. The molecule has 2 aliphatic rings. The smallest absolute Gasteiger partial charge is 0.254 e. The van der Waals surface area contributed by atoms with Crippen molar-refractivity contribution < 1.29 is 14.3 Å². The second kappa shape index (κ2) is 8.02. The van der Waals surface area contributed by atoms with Crippen molar-refractivity contribution in [1.82, 2.24) is 19.8 Å². The molecular weight excluding hydrogens is 358 g/mol. The molecular formula is C20H25N5O3. The minimum atomic E-state index is 0.0201. The molecule has 28 heavy (non-hydrogen) atoms. The Hall–Kier alpha value is -2.87. The van der Waals surface area contributed by atoms with Crippen molar-refractivity contribution in [1.29, 1.82) is 0 Å².